The normalized spacial score (nSPS) is 10.9. The van der Waals surface area contributed by atoms with Crippen molar-refractivity contribution in [2.24, 2.45) is 5.73 Å². The highest BCUT2D eigenvalue weighted by molar-refractivity contribution is 5.93. The molecular formula is C19H26Cl2N6O. The van der Waals surface area contributed by atoms with Gasteiger partial charge in [-0.05, 0) is 44.0 Å². The van der Waals surface area contributed by atoms with Gasteiger partial charge in [0.1, 0.15) is 0 Å². The van der Waals surface area contributed by atoms with Gasteiger partial charge in [-0.15, -0.1) is 29.9 Å². The van der Waals surface area contributed by atoms with Gasteiger partial charge in [-0.2, -0.15) is 0 Å². The lowest BCUT2D eigenvalue weighted by Gasteiger charge is -2.26. The van der Waals surface area contributed by atoms with E-state index < -0.39 is 5.54 Å². The van der Waals surface area contributed by atoms with Crippen LogP contribution in [0.4, 0.5) is 0 Å². The first-order valence-corrected chi connectivity index (χ1v) is 8.82. The number of aromatic nitrogens is 4. The van der Waals surface area contributed by atoms with Gasteiger partial charge in [-0.3, -0.25) is 9.78 Å². The predicted molar refractivity (Wildman–Crippen MR) is 116 cm³/mol. The predicted octanol–water partition coefficient (Wildman–Crippen LogP) is 3.21. The van der Waals surface area contributed by atoms with Crippen LogP contribution in [0.3, 0.4) is 0 Å². The summed E-state index contributed by atoms with van der Waals surface area (Å²) in [4.78, 5) is 16.8. The molecule has 3 rings (SSSR count). The second-order valence-electron chi connectivity index (χ2n) is 6.57. The van der Waals surface area contributed by atoms with Gasteiger partial charge >= 0.3 is 0 Å². The minimum Gasteiger partial charge on any atom is -0.349 e. The molecular weight excluding hydrogens is 399 g/mol. The fourth-order valence-corrected chi connectivity index (χ4v) is 2.82. The number of carbonyl (C=O) groups is 1. The summed E-state index contributed by atoms with van der Waals surface area (Å²) in [5.74, 6) is -0.257. The molecule has 0 aliphatic carbocycles. The molecule has 0 bridgehead atoms. The summed E-state index contributed by atoms with van der Waals surface area (Å²) < 4.78 is 1.66. The molecule has 0 spiro atoms. The van der Waals surface area contributed by atoms with E-state index in [2.05, 4.69) is 20.6 Å². The molecule has 2 heterocycles. The van der Waals surface area contributed by atoms with E-state index in [-0.39, 0.29) is 30.7 Å². The first kappa shape index (κ1) is 23.8. The highest BCUT2D eigenvalue weighted by atomic mass is 35.5. The fourth-order valence-electron chi connectivity index (χ4n) is 2.82. The number of fused-ring (bicyclic) bond motifs is 1. The van der Waals surface area contributed by atoms with Gasteiger partial charge in [0.2, 0.25) is 0 Å². The quantitative estimate of drug-likeness (QED) is 0.632. The standard InChI is InChI=1S/C19H24N6O.2ClH/c1-4-19(20,5-2)12-22-18(26)17-13(3)25(24-23-17)15-8-9-16-14(11-15)7-6-10-21-16;;/h6-11H,4-5,12,20H2,1-3H3,(H,22,26);2*1H. The number of nitrogens with two attached hydrogens (primary N) is 1. The van der Waals surface area contributed by atoms with E-state index in [0.717, 1.165) is 29.4 Å². The Kier molecular flexibility index (Phi) is 8.35. The third-order valence-corrected chi connectivity index (χ3v) is 4.95. The van der Waals surface area contributed by atoms with Gasteiger partial charge in [0.05, 0.1) is 16.9 Å². The number of carbonyl (C=O) groups excluding carboxylic acids is 1. The van der Waals surface area contributed by atoms with Crippen LogP contribution in [-0.2, 0) is 0 Å². The Balaban J connectivity index is 0.00000196. The second kappa shape index (κ2) is 9.82. The number of hydrogen-bond donors (Lipinski definition) is 2. The SMILES string of the molecule is CCC(N)(CC)CNC(=O)c1nnn(-c2ccc3ncccc3c2)c1C.Cl.Cl. The Hall–Kier alpha value is -2.22. The van der Waals surface area contributed by atoms with Crippen molar-refractivity contribution in [1.82, 2.24) is 25.3 Å². The monoisotopic (exact) mass is 424 g/mol. The zero-order valence-corrected chi connectivity index (χ0v) is 17.8. The number of nitrogens with zero attached hydrogens (tertiary/aromatic N) is 4. The van der Waals surface area contributed by atoms with Crippen LogP contribution < -0.4 is 11.1 Å². The second-order valence-corrected chi connectivity index (χ2v) is 6.57. The zero-order chi connectivity index (χ0) is 18.7. The Morgan fingerprint density at radius 3 is 2.61 bits per heavy atom. The molecule has 152 valence electrons. The first-order valence-electron chi connectivity index (χ1n) is 8.82. The first-order chi connectivity index (χ1) is 12.5. The van der Waals surface area contributed by atoms with Crippen molar-refractivity contribution in [1.29, 1.82) is 0 Å². The molecule has 0 aliphatic rings. The van der Waals surface area contributed by atoms with Crippen molar-refractivity contribution in [3.8, 4) is 5.69 Å². The summed E-state index contributed by atoms with van der Waals surface area (Å²) in [6, 6.07) is 9.70. The Bertz CT molecular complexity index is 939. The summed E-state index contributed by atoms with van der Waals surface area (Å²) in [6.07, 6.45) is 3.34. The number of hydrogen-bond acceptors (Lipinski definition) is 5. The molecule has 0 atom stereocenters. The molecule has 0 saturated heterocycles. The molecule has 1 amide bonds. The van der Waals surface area contributed by atoms with Crippen molar-refractivity contribution >= 4 is 41.6 Å². The molecule has 0 saturated carbocycles. The van der Waals surface area contributed by atoms with Gasteiger partial charge in [-0.25, -0.2) is 4.68 Å². The Morgan fingerprint density at radius 1 is 1.21 bits per heavy atom. The van der Waals surface area contributed by atoms with Gasteiger partial charge < -0.3 is 11.1 Å². The fraction of sp³-hybridized carbons (Fsp3) is 0.368. The minimum atomic E-state index is -0.398. The minimum absolute atomic E-state index is 0. The molecule has 0 aliphatic heterocycles. The lowest BCUT2D eigenvalue weighted by molar-refractivity contribution is 0.0936. The van der Waals surface area contributed by atoms with E-state index in [1.807, 2.05) is 51.1 Å². The Morgan fingerprint density at radius 2 is 1.93 bits per heavy atom. The van der Waals surface area contributed by atoms with E-state index in [9.17, 15) is 4.79 Å². The van der Waals surface area contributed by atoms with Crippen LogP contribution in [0.25, 0.3) is 16.6 Å². The third-order valence-electron chi connectivity index (χ3n) is 4.95. The number of pyridine rings is 1. The largest absolute Gasteiger partial charge is 0.349 e. The van der Waals surface area contributed by atoms with Crippen LogP contribution >= 0.6 is 24.8 Å². The van der Waals surface area contributed by atoms with Crippen molar-refractivity contribution in [2.75, 3.05) is 6.54 Å². The Labute approximate surface area is 176 Å². The molecule has 0 radical (unpaired) electrons. The maximum Gasteiger partial charge on any atom is 0.273 e. The van der Waals surface area contributed by atoms with E-state index in [1.165, 1.54) is 0 Å². The molecule has 0 fully saturated rings. The summed E-state index contributed by atoms with van der Waals surface area (Å²) in [6.45, 7) is 6.28. The van der Waals surface area contributed by atoms with Crippen LogP contribution in [0.5, 0.6) is 0 Å². The molecule has 28 heavy (non-hydrogen) atoms. The van der Waals surface area contributed by atoms with Crippen LogP contribution in [0.15, 0.2) is 36.5 Å². The van der Waals surface area contributed by atoms with Gasteiger partial charge in [0, 0.05) is 23.7 Å². The zero-order valence-electron chi connectivity index (χ0n) is 16.2. The lowest BCUT2D eigenvalue weighted by atomic mass is 9.94. The van der Waals surface area contributed by atoms with Gasteiger partial charge in [-0.1, -0.05) is 25.1 Å². The number of benzene rings is 1. The summed E-state index contributed by atoms with van der Waals surface area (Å²) in [5.41, 5.74) is 8.59. The van der Waals surface area contributed by atoms with E-state index in [4.69, 9.17) is 5.73 Å². The number of nitrogens with one attached hydrogen (secondary N) is 1. The van der Waals surface area contributed by atoms with Gasteiger partial charge in [0.15, 0.2) is 5.69 Å². The smallest absolute Gasteiger partial charge is 0.273 e. The van der Waals surface area contributed by atoms with E-state index in [1.54, 1.807) is 10.9 Å². The number of halogens is 2. The van der Waals surface area contributed by atoms with Crippen molar-refractivity contribution in [2.45, 2.75) is 39.2 Å². The van der Waals surface area contributed by atoms with Crippen molar-refractivity contribution < 1.29 is 4.79 Å². The highest BCUT2D eigenvalue weighted by Crippen LogP contribution is 2.18. The number of rotatable bonds is 6. The maximum absolute atomic E-state index is 12.5. The average molecular weight is 425 g/mol. The number of amides is 1. The molecule has 2 aromatic heterocycles. The van der Waals surface area contributed by atoms with Crippen LogP contribution in [0, 0.1) is 6.92 Å². The molecule has 3 N–H and O–H groups in total. The highest BCUT2D eigenvalue weighted by Gasteiger charge is 2.23. The molecule has 3 aromatic rings. The maximum atomic E-state index is 12.5. The summed E-state index contributed by atoms with van der Waals surface area (Å²) in [5, 5.41) is 12.1. The van der Waals surface area contributed by atoms with Crippen molar-refractivity contribution in [3.63, 3.8) is 0 Å². The molecule has 9 heteroatoms. The third kappa shape index (κ3) is 4.79. The lowest BCUT2D eigenvalue weighted by Crippen LogP contribution is -2.49. The topological polar surface area (TPSA) is 98.7 Å². The van der Waals surface area contributed by atoms with Crippen molar-refractivity contribution in [3.05, 3.63) is 47.9 Å². The van der Waals surface area contributed by atoms with E-state index in [0.29, 0.717) is 17.9 Å². The van der Waals surface area contributed by atoms with E-state index >= 15 is 0 Å². The van der Waals surface area contributed by atoms with Crippen LogP contribution in [0.1, 0.15) is 42.9 Å². The molecule has 1 aromatic carbocycles. The summed E-state index contributed by atoms with van der Waals surface area (Å²) >= 11 is 0. The molecule has 7 nitrogen and oxygen atoms in total. The summed E-state index contributed by atoms with van der Waals surface area (Å²) in [7, 11) is 0. The van der Waals surface area contributed by atoms with Gasteiger partial charge in [0.25, 0.3) is 5.91 Å². The average Bonchev–Trinajstić information content (AvgIpc) is 3.07. The molecule has 0 unspecified atom stereocenters. The van der Waals surface area contributed by atoms with Crippen LogP contribution in [0.2, 0.25) is 0 Å². The van der Waals surface area contributed by atoms with Crippen LogP contribution in [-0.4, -0.2) is 38.0 Å².